The molecule has 4 aromatic rings. The predicted octanol–water partition coefficient (Wildman–Crippen LogP) is 8.58. The summed E-state index contributed by atoms with van der Waals surface area (Å²) in [7, 11) is 0. The first-order chi connectivity index (χ1) is 18.1. The summed E-state index contributed by atoms with van der Waals surface area (Å²) in [6.45, 7) is 1.21. The first kappa shape index (κ1) is 25.9. The molecule has 0 amide bonds. The minimum Gasteiger partial charge on any atom is -0.494 e. The van der Waals surface area contributed by atoms with Gasteiger partial charge in [0.25, 0.3) is 0 Å². The number of nitriles is 1. The third-order valence-corrected chi connectivity index (χ3v) is 6.12. The fourth-order valence-corrected chi connectivity index (χ4v) is 4.04. The number of unbranched alkanes of at least 4 members (excludes halogenated alkanes) is 4. The molecule has 0 unspecified atom stereocenters. The van der Waals surface area contributed by atoms with Crippen molar-refractivity contribution >= 4 is 0 Å². The lowest BCUT2D eigenvalue weighted by Crippen LogP contribution is -1.99. The van der Waals surface area contributed by atoms with Gasteiger partial charge in [-0.15, -0.1) is 0 Å². The van der Waals surface area contributed by atoms with Crippen LogP contribution in [0.1, 0.15) is 37.7 Å². The minimum atomic E-state index is -0.381. The van der Waals surface area contributed by atoms with Crippen molar-refractivity contribution in [2.45, 2.75) is 32.1 Å². The Morgan fingerprint density at radius 1 is 0.568 bits per heavy atom. The first-order valence-corrected chi connectivity index (χ1v) is 12.5. The fraction of sp³-hybridized carbons (Fsp3) is 0.219. The van der Waals surface area contributed by atoms with Crippen LogP contribution < -0.4 is 9.47 Å². The average Bonchev–Trinajstić information content (AvgIpc) is 2.93. The van der Waals surface area contributed by atoms with Gasteiger partial charge in [-0.3, -0.25) is 0 Å². The van der Waals surface area contributed by atoms with E-state index in [-0.39, 0.29) is 11.6 Å². The molecular weight excluding hydrogens is 468 g/mol. The minimum absolute atomic E-state index is 0.344. The molecule has 0 saturated heterocycles. The van der Waals surface area contributed by atoms with Crippen molar-refractivity contribution in [1.29, 1.82) is 5.26 Å². The molecule has 0 bridgehead atoms. The molecule has 0 aromatic heterocycles. The molecule has 0 heterocycles. The van der Waals surface area contributed by atoms with Crippen molar-refractivity contribution in [3.05, 3.63) is 108 Å². The van der Waals surface area contributed by atoms with Crippen molar-refractivity contribution in [3.63, 3.8) is 0 Å². The number of hydrogen-bond donors (Lipinski definition) is 0. The molecule has 0 spiro atoms. The summed E-state index contributed by atoms with van der Waals surface area (Å²) in [5, 5.41) is 8.91. The van der Waals surface area contributed by atoms with Gasteiger partial charge in [0.15, 0.2) is 0 Å². The average molecular weight is 498 g/mol. The number of rotatable bonds is 12. The Morgan fingerprint density at radius 2 is 1.08 bits per heavy atom. The molecule has 5 heteroatoms. The predicted molar refractivity (Wildman–Crippen MR) is 142 cm³/mol. The number of ether oxygens (including phenoxy) is 2. The summed E-state index contributed by atoms with van der Waals surface area (Å²) < 4.78 is 39.1. The SMILES string of the molecule is N#Cc1ccc(-c2ccc(OCCCCCCCOc3ccc(-c4ccc(F)cc4)c(F)c3)cc2)cc1. The van der Waals surface area contributed by atoms with Crippen LogP contribution in [0.5, 0.6) is 11.5 Å². The Morgan fingerprint density at radius 3 is 1.68 bits per heavy atom. The highest BCUT2D eigenvalue weighted by Gasteiger charge is 2.07. The van der Waals surface area contributed by atoms with Gasteiger partial charge < -0.3 is 9.47 Å². The van der Waals surface area contributed by atoms with Crippen LogP contribution in [0.3, 0.4) is 0 Å². The van der Waals surface area contributed by atoms with Gasteiger partial charge >= 0.3 is 0 Å². The topological polar surface area (TPSA) is 42.2 Å². The van der Waals surface area contributed by atoms with Crippen LogP contribution in [-0.4, -0.2) is 13.2 Å². The van der Waals surface area contributed by atoms with Crippen LogP contribution in [0.15, 0.2) is 91.0 Å². The molecule has 3 nitrogen and oxygen atoms in total. The molecule has 0 fully saturated rings. The molecular formula is C32H29F2NO2. The van der Waals surface area contributed by atoms with Gasteiger partial charge in [-0.25, -0.2) is 8.78 Å². The third kappa shape index (κ3) is 7.65. The summed E-state index contributed by atoms with van der Waals surface area (Å²) in [5.74, 6) is 0.627. The maximum Gasteiger partial charge on any atom is 0.134 e. The van der Waals surface area contributed by atoms with Gasteiger partial charge in [0.05, 0.1) is 24.8 Å². The quantitative estimate of drug-likeness (QED) is 0.184. The zero-order chi connectivity index (χ0) is 25.9. The summed E-state index contributed by atoms with van der Waals surface area (Å²) in [4.78, 5) is 0. The molecule has 4 rings (SSSR count). The van der Waals surface area contributed by atoms with E-state index in [2.05, 4.69) is 6.07 Å². The van der Waals surface area contributed by atoms with Gasteiger partial charge in [0.1, 0.15) is 23.1 Å². The highest BCUT2D eigenvalue weighted by atomic mass is 19.1. The van der Waals surface area contributed by atoms with Crippen LogP contribution >= 0.6 is 0 Å². The number of hydrogen-bond acceptors (Lipinski definition) is 3. The van der Waals surface area contributed by atoms with E-state index in [1.807, 2.05) is 48.5 Å². The highest BCUT2D eigenvalue weighted by Crippen LogP contribution is 2.27. The molecule has 0 N–H and O–H groups in total. The second-order valence-corrected chi connectivity index (χ2v) is 8.83. The van der Waals surface area contributed by atoms with Gasteiger partial charge in [-0.2, -0.15) is 5.26 Å². The number of halogens is 2. The van der Waals surface area contributed by atoms with Gasteiger partial charge in [0.2, 0.25) is 0 Å². The summed E-state index contributed by atoms with van der Waals surface area (Å²) >= 11 is 0. The smallest absolute Gasteiger partial charge is 0.134 e. The molecule has 37 heavy (non-hydrogen) atoms. The van der Waals surface area contributed by atoms with E-state index < -0.39 is 0 Å². The Balaban J connectivity index is 1.08. The molecule has 0 aliphatic heterocycles. The largest absolute Gasteiger partial charge is 0.494 e. The van der Waals surface area contributed by atoms with Crippen LogP contribution in [0.2, 0.25) is 0 Å². The standard InChI is InChI=1S/C32H29F2NO2/c33-28-14-10-27(11-15-28)31-19-18-30(22-32(31)34)37-21-5-3-1-2-4-20-36-29-16-12-26(13-17-29)25-8-6-24(23-35)7-9-25/h6-19,22H,1-5,20-21H2. The second-order valence-electron chi connectivity index (χ2n) is 8.83. The van der Waals surface area contributed by atoms with Crippen molar-refractivity contribution in [1.82, 2.24) is 0 Å². The zero-order valence-corrected chi connectivity index (χ0v) is 20.6. The zero-order valence-electron chi connectivity index (χ0n) is 20.6. The Kier molecular flexibility index (Phi) is 9.26. The molecule has 4 aromatic carbocycles. The highest BCUT2D eigenvalue weighted by molar-refractivity contribution is 5.65. The molecule has 188 valence electrons. The molecule has 0 aliphatic rings. The fourth-order valence-electron chi connectivity index (χ4n) is 4.04. The van der Waals surface area contributed by atoms with Gasteiger partial charge in [-0.1, -0.05) is 55.7 Å². The van der Waals surface area contributed by atoms with E-state index in [1.54, 1.807) is 24.3 Å². The van der Waals surface area contributed by atoms with Crippen molar-refractivity contribution < 1.29 is 18.3 Å². The maximum absolute atomic E-state index is 14.4. The maximum atomic E-state index is 14.4. The normalized spacial score (nSPS) is 10.6. The second kappa shape index (κ2) is 13.2. The van der Waals surface area contributed by atoms with Gasteiger partial charge in [-0.05, 0) is 78.1 Å². The first-order valence-electron chi connectivity index (χ1n) is 12.5. The molecule has 0 atom stereocenters. The van der Waals surface area contributed by atoms with Crippen LogP contribution in [0, 0.1) is 23.0 Å². The molecule has 0 aliphatic carbocycles. The Labute approximate surface area is 216 Å². The van der Waals surface area contributed by atoms with E-state index in [0.717, 1.165) is 49.0 Å². The summed E-state index contributed by atoms with van der Waals surface area (Å²) in [6.07, 6.45) is 5.08. The monoisotopic (exact) mass is 497 g/mol. The van der Waals surface area contributed by atoms with Crippen molar-refractivity contribution in [2.75, 3.05) is 13.2 Å². The van der Waals surface area contributed by atoms with Crippen molar-refractivity contribution in [2.24, 2.45) is 0 Å². The summed E-state index contributed by atoms with van der Waals surface area (Å²) in [6, 6.07) is 28.2. The van der Waals surface area contributed by atoms with Crippen LogP contribution in [0.4, 0.5) is 8.78 Å². The Hall–Kier alpha value is -4.17. The van der Waals surface area contributed by atoms with E-state index in [4.69, 9.17) is 14.7 Å². The lowest BCUT2D eigenvalue weighted by molar-refractivity contribution is 0.293. The molecule has 0 saturated carbocycles. The lowest BCUT2D eigenvalue weighted by atomic mass is 10.0. The lowest BCUT2D eigenvalue weighted by Gasteiger charge is -2.09. The van der Waals surface area contributed by atoms with E-state index in [9.17, 15) is 8.78 Å². The summed E-state index contributed by atoms with van der Waals surface area (Å²) in [5.41, 5.74) is 3.87. The van der Waals surface area contributed by atoms with E-state index >= 15 is 0 Å². The Bertz CT molecular complexity index is 1310. The van der Waals surface area contributed by atoms with Gasteiger partial charge in [0, 0.05) is 11.6 Å². The van der Waals surface area contributed by atoms with Crippen LogP contribution in [0.25, 0.3) is 22.3 Å². The van der Waals surface area contributed by atoms with Crippen LogP contribution in [-0.2, 0) is 0 Å². The number of benzene rings is 4. The number of nitrogens with zero attached hydrogens (tertiary/aromatic N) is 1. The van der Waals surface area contributed by atoms with E-state index in [0.29, 0.717) is 35.7 Å². The van der Waals surface area contributed by atoms with Crippen molar-refractivity contribution in [3.8, 4) is 39.8 Å². The van der Waals surface area contributed by atoms with E-state index in [1.165, 1.54) is 18.2 Å². The molecule has 0 radical (unpaired) electrons. The third-order valence-electron chi connectivity index (χ3n) is 6.12.